The molecule has 0 saturated carbocycles. The lowest BCUT2D eigenvalue weighted by atomic mass is 10.1. The third-order valence-electron chi connectivity index (χ3n) is 3.19. The maximum absolute atomic E-state index is 13.7. The number of halogens is 2. The minimum absolute atomic E-state index is 0.0429. The lowest BCUT2D eigenvalue weighted by Crippen LogP contribution is -2.15. The Morgan fingerprint density at radius 2 is 1.62 bits per heavy atom. The molecule has 0 atom stereocenters. The summed E-state index contributed by atoms with van der Waals surface area (Å²) in [6.07, 6.45) is 0.445. The minimum atomic E-state index is -0.590. The van der Waals surface area contributed by atoms with E-state index in [4.69, 9.17) is 0 Å². The van der Waals surface area contributed by atoms with Crippen molar-refractivity contribution >= 4 is 39.1 Å². The highest BCUT2D eigenvalue weighted by molar-refractivity contribution is 9.10. The van der Waals surface area contributed by atoms with Gasteiger partial charge in [0.15, 0.2) is 0 Å². The monoisotopic (exact) mass is 392 g/mol. The quantitative estimate of drug-likeness (QED) is 0.765. The molecule has 2 amide bonds. The second-order valence-corrected chi connectivity index (χ2v) is 6.72. The average Bonchev–Trinajstić information content (AvgIpc) is 2.50. The van der Waals surface area contributed by atoms with Gasteiger partial charge in [-0.1, -0.05) is 29.8 Å². The lowest BCUT2D eigenvalue weighted by molar-refractivity contribution is -0.116. The van der Waals surface area contributed by atoms with Crippen molar-refractivity contribution < 1.29 is 14.0 Å². The standard InChI is InChI=1S/C18H18BrFN2O2/c1-11(2)9-17(23)21-13-4-6-14(7-5-13)22-18(24)15-10-12(19)3-8-16(15)20/h3-8,10-11H,9H2,1-2H3,(H,21,23)(H,22,24). The molecule has 0 bridgehead atoms. The van der Waals surface area contributed by atoms with Gasteiger partial charge in [0.1, 0.15) is 5.82 Å². The van der Waals surface area contributed by atoms with Crippen LogP contribution in [0.25, 0.3) is 0 Å². The Bertz CT molecular complexity index is 745. The molecule has 6 heteroatoms. The second-order valence-electron chi connectivity index (χ2n) is 5.80. The summed E-state index contributed by atoms with van der Waals surface area (Å²) in [5, 5.41) is 5.41. The van der Waals surface area contributed by atoms with E-state index in [1.807, 2.05) is 13.8 Å². The molecule has 0 spiro atoms. The van der Waals surface area contributed by atoms with Gasteiger partial charge < -0.3 is 10.6 Å². The van der Waals surface area contributed by atoms with Crippen molar-refractivity contribution in [2.24, 2.45) is 5.92 Å². The van der Waals surface area contributed by atoms with E-state index in [2.05, 4.69) is 26.6 Å². The fraction of sp³-hybridized carbons (Fsp3) is 0.222. The molecule has 0 aliphatic carbocycles. The summed E-state index contributed by atoms with van der Waals surface area (Å²) in [5.41, 5.74) is 1.12. The second kappa shape index (κ2) is 8.06. The lowest BCUT2D eigenvalue weighted by Gasteiger charge is -2.09. The van der Waals surface area contributed by atoms with Crippen molar-refractivity contribution in [3.05, 3.63) is 58.3 Å². The van der Waals surface area contributed by atoms with Gasteiger partial charge in [-0.3, -0.25) is 9.59 Å². The highest BCUT2D eigenvalue weighted by Gasteiger charge is 2.12. The topological polar surface area (TPSA) is 58.2 Å². The van der Waals surface area contributed by atoms with E-state index >= 15 is 0 Å². The van der Waals surface area contributed by atoms with E-state index in [0.29, 0.717) is 22.3 Å². The Labute approximate surface area is 148 Å². The van der Waals surface area contributed by atoms with Crippen LogP contribution >= 0.6 is 15.9 Å². The minimum Gasteiger partial charge on any atom is -0.326 e. The zero-order valence-corrected chi connectivity index (χ0v) is 15.0. The van der Waals surface area contributed by atoms with Gasteiger partial charge in [0, 0.05) is 22.3 Å². The number of carbonyl (C=O) groups is 2. The van der Waals surface area contributed by atoms with Crippen LogP contribution in [0.2, 0.25) is 0 Å². The van der Waals surface area contributed by atoms with Crippen molar-refractivity contribution in [2.45, 2.75) is 20.3 Å². The van der Waals surface area contributed by atoms with Crippen molar-refractivity contribution in [2.75, 3.05) is 10.6 Å². The maximum Gasteiger partial charge on any atom is 0.258 e. The molecule has 24 heavy (non-hydrogen) atoms. The first-order valence-corrected chi connectivity index (χ1v) is 8.31. The molecule has 0 saturated heterocycles. The first kappa shape index (κ1) is 18.1. The average molecular weight is 393 g/mol. The Balaban J connectivity index is 2.02. The molecule has 0 unspecified atom stereocenters. The van der Waals surface area contributed by atoms with Gasteiger partial charge in [0.25, 0.3) is 5.91 Å². The number of rotatable bonds is 5. The number of nitrogens with one attached hydrogen (secondary N) is 2. The Hall–Kier alpha value is -2.21. The summed E-state index contributed by atoms with van der Waals surface area (Å²) in [4.78, 5) is 23.8. The molecule has 0 radical (unpaired) electrons. The number of amides is 2. The molecule has 2 aromatic carbocycles. The summed E-state index contributed by atoms with van der Waals surface area (Å²) >= 11 is 3.21. The smallest absolute Gasteiger partial charge is 0.258 e. The van der Waals surface area contributed by atoms with E-state index in [1.165, 1.54) is 18.2 Å². The van der Waals surface area contributed by atoms with Crippen LogP contribution in [-0.2, 0) is 4.79 Å². The van der Waals surface area contributed by atoms with Crippen molar-refractivity contribution in [3.8, 4) is 0 Å². The molecule has 2 rings (SSSR count). The molecule has 0 aliphatic rings. The van der Waals surface area contributed by atoms with Crippen LogP contribution in [0.4, 0.5) is 15.8 Å². The van der Waals surface area contributed by atoms with Crippen molar-refractivity contribution in [1.82, 2.24) is 0 Å². The van der Waals surface area contributed by atoms with Crippen LogP contribution in [-0.4, -0.2) is 11.8 Å². The Morgan fingerprint density at radius 3 is 2.21 bits per heavy atom. The molecular formula is C18H18BrFN2O2. The van der Waals surface area contributed by atoms with Gasteiger partial charge in [-0.15, -0.1) is 0 Å². The highest BCUT2D eigenvalue weighted by atomic mass is 79.9. The summed E-state index contributed by atoms with van der Waals surface area (Å²) < 4.78 is 14.3. The molecule has 126 valence electrons. The third-order valence-corrected chi connectivity index (χ3v) is 3.69. The SMILES string of the molecule is CC(C)CC(=O)Nc1ccc(NC(=O)c2cc(Br)ccc2F)cc1. The molecule has 0 aromatic heterocycles. The molecule has 2 aromatic rings. The molecular weight excluding hydrogens is 375 g/mol. The van der Waals surface area contributed by atoms with Crippen LogP contribution in [0.3, 0.4) is 0 Å². The van der Waals surface area contributed by atoms with Crippen LogP contribution in [0, 0.1) is 11.7 Å². The molecule has 4 nitrogen and oxygen atoms in total. The molecule has 0 heterocycles. The van der Waals surface area contributed by atoms with Gasteiger partial charge >= 0.3 is 0 Å². The van der Waals surface area contributed by atoms with Crippen LogP contribution in [0.5, 0.6) is 0 Å². The summed E-state index contributed by atoms with van der Waals surface area (Å²) in [5.74, 6) is -0.902. The van der Waals surface area contributed by atoms with Gasteiger partial charge in [0.05, 0.1) is 5.56 Å². The van der Waals surface area contributed by atoms with E-state index in [0.717, 1.165) is 0 Å². The largest absolute Gasteiger partial charge is 0.326 e. The molecule has 0 aliphatic heterocycles. The molecule has 2 N–H and O–H groups in total. The first-order chi connectivity index (χ1) is 11.3. The third kappa shape index (κ3) is 5.16. The Kier molecular flexibility index (Phi) is 6.09. The fourth-order valence-corrected chi connectivity index (χ4v) is 2.45. The molecule has 0 fully saturated rings. The predicted octanol–water partition coefficient (Wildman–Crippen LogP) is 4.83. The van der Waals surface area contributed by atoms with E-state index in [9.17, 15) is 14.0 Å². The number of benzene rings is 2. The fourth-order valence-electron chi connectivity index (χ4n) is 2.09. The van der Waals surface area contributed by atoms with Gasteiger partial charge in [-0.2, -0.15) is 0 Å². The normalized spacial score (nSPS) is 10.5. The van der Waals surface area contributed by atoms with E-state index in [-0.39, 0.29) is 17.4 Å². The number of carbonyl (C=O) groups excluding carboxylic acids is 2. The van der Waals surface area contributed by atoms with E-state index in [1.54, 1.807) is 24.3 Å². The van der Waals surface area contributed by atoms with Crippen molar-refractivity contribution in [3.63, 3.8) is 0 Å². The maximum atomic E-state index is 13.7. The first-order valence-electron chi connectivity index (χ1n) is 7.51. The van der Waals surface area contributed by atoms with Gasteiger partial charge in [-0.05, 0) is 48.4 Å². The predicted molar refractivity (Wildman–Crippen MR) is 96.6 cm³/mol. The highest BCUT2D eigenvalue weighted by Crippen LogP contribution is 2.19. The van der Waals surface area contributed by atoms with E-state index < -0.39 is 11.7 Å². The summed E-state index contributed by atoms with van der Waals surface area (Å²) in [7, 11) is 0. The van der Waals surface area contributed by atoms with Gasteiger partial charge in [-0.25, -0.2) is 4.39 Å². The number of anilines is 2. The van der Waals surface area contributed by atoms with Crippen LogP contribution in [0.1, 0.15) is 30.6 Å². The Morgan fingerprint density at radius 1 is 1.04 bits per heavy atom. The van der Waals surface area contributed by atoms with Crippen molar-refractivity contribution in [1.29, 1.82) is 0 Å². The number of hydrogen-bond acceptors (Lipinski definition) is 2. The van der Waals surface area contributed by atoms with Crippen LogP contribution < -0.4 is 10.6 Å². The summed E-state index contributed by atoms with van der Waals surface area (Å²) in [6.45, 7) is 3.94. The number of hydrogen-bond donors (Lipinski definition) is 2. The van der Waals surface area contributed by atoms with Crippen LogP contribution in [0.15, 0.2) is 46.9 Å². The zero-order valence-electron chi connectivity index (χ0n) is 13.4. The zero-order chi connectivity index (χ0) is 17.7. The van der Waals surface area contributed by atoms with Gasteiger partial charge in [0.2, 0.25) is 5.91 Å². The summed E-state index contributed by atoms with van der Waals surface area (Å²) in [6, 6.07) is 10.9.